The molecular formula is C13H19NO2. The van der Waals surface area contributed by atoms with Crippen LogP contribution in [0.3, 0.4) is 0 Å². The van der Waals surface area contributed by atoms with Crippen LogP contribution in [-0.2, 0) is 5.41 Å². The highest BCUT2D eigenvalue weighted by molar-refractivity contribution is 5.98. The predicted octanol–water partition coefficient (Wildman–Crippen LogP) is 2.22. The average molecular weight is 221 g/mol. The molecule has 3 nitrogen and oxygen atoms in total. The summed E-state index contributed by atoms with van der Waals surface area (Å²) in [4.78, 5) is 11.7. The highest BCUT2D eigenvalue weighted by atomic mass is 16.3. The van der Waals surface area contributed by atoms with E-state index < -0.39 is 0 Å². The zero-order valence-electron chi connectivity index (χ0n) is 10.1. The van der Waals surface area contributed by atoms with Gasteiger partial charge in [-0.3, -0.25) is 4.79 Å². The minimum Gasteiger partial charge on any atom is -0.507 e. The lowest BCUT2D eigenvalue weighted by atomic mass is 9.85. The van der Waals surface area contributed by atoms with E-state index in [1.54, 1.807) is 12.1 Å². The second-order valence-corrected chi connectivity index (χ2v) is 4.94. The van der Waals surface area contributed by atoms with Crippen LogP contribution in [-0.4, -0.2) is 17.4 Å². The molecule has 0 aliphatic carbocycles. The predicted molar refractivity (Wildman–Crippen MR) is 64.8 cm³/mol. The Morgan fingerprint density at radius 3 is 2.50 bits per heavy atom. The number of Topliss-reactive ketones (excluding diaryl/α,β-unsaturated/α-hetero) is 1. The Hall–Kier alpha value is -1.35. The topological polar surface area (TPSA) is 63.3 Å². The van der Waals surface area contributed by atoms with E-state index >= 15 is 0 Å². The summed E-state index contributed by atoms with van der Waals surface area (Å²) in [5.74, 6) is -0.0717. The average Bonchev–Trinajstić information content (AvgIpc) is 2.16. The summed E-state index contributed by atoms with van der Waals surface area (Å²) >= 11 is 0. The number of benzene rings is 1. The van der Waals surface area contributed by atoms with Crippen molar-refractivity contribution in [3.05, 3.63) is 29.3 Å². The van der Waals surface area contributed by atoms with Gasteiger partial charge in [-0.1, -0.05) is 26.8 Å². The third kappa shape index (κ3) is 2.83. The number of ketones is 1. The molecule has 0 radical (unpaired) electrons. The quantitative estimate of drug-likeness (QED) is 0.769. The van der Waals surface area contributed by atoms with E-state index in [4.69, 9.17) is 5.73 Å². The number of carbonyl (C=O) groups excluding carboxylic acids is 1. The van der Waals surface area contributed by atoms with Crippen molar-refractivity contribution >= 4 is 5.78 Å². The van der Waals surface area contributed by atoms with Gasteiger partial charge in [0.05, 0.1) is 5.56 Å². The Bertz CT molecular complexity index is 391. The summed E-state index contributed by atoms with van der Waals surface area (Å²) < 4.78 is 0. The number of aromatic hydroxyl groups is 1. The van der Waals surface area contributed by atoms with E-state index in [1.165, 1.54) is 0 Å². The fourth-order valence-electron chi connectivity index (χ4n) is 1.49. The first-order valence-corrected chi connectivity index (χ1v) is 5.43. The lowest BCUT2D eigenvalue weighted by Crippen LogP contribution is -2.13. The van der Waals surface area contributed by atoms with Crippen LogP contribution in [0.1, 0.15) is 43.1 Å². The Morgan fingerprint density at radius 2 is 2.00 bits per heavy atom. The zero-order valence-corrected chi connectivity index (χ0v) is 10.1. The van der Waals surface area contributed by atoms with Gasteiger partial charge in [0.25, 0.3) is 0 Å². The Morgan fingerprint density at radius 1 is 1.38 bits per heavy atom. The molecule has 0 aromatic heterocycles. The summed E-state index contributed by atoms with van der Waals surface area (Å²) in [6.07, 6.45) is 0.265. The van der Waals surface area contributed by atoms with Crippen LogP contribution >= 0.6 is 0 Å². The lowest BCUT2D eigenvalue weighted by Gasteiger charge is -2.20. The second-order valence-electron chi connectivity index (χ2n) is 4.94. The smallest absolute Gasteiger partial charge is 0.167 e. The molecule has 0 saturated heterocycles. The summed E-state index contributed by atoms with van der Waals surface area (Å²) in [6.45, 7) is 6.50. The molecule has 0 atom stereocenters. The first-order chi connectivity index (χ1) is 7.36. The molecule has 3 N–H and O–H groups in total. The van der Waals surface area contributed by atoms with Gasteiger partial charge in [0.15, 0.2) is 5.78 Å². The highest BCUT2D eigenvalue weighted by Crippen LogP contribution is 2.27. The monoisotopic (exact) mass is 221 g/mol. The molecule has 0 heterocycles. The van der Waals surface area contributed by atoms with Gasteiger partial charge in [0, 0.05) is 6.42 Å². The maximum atomic E-state index is 11.7. The van der Waals surface area contributed by atoms with E-state index in [0.29, 0.717) is 12.1 Å². The minimum atomic E-state index is -0.105. The number of phenolic OH excluding ortho intramolecular Hbond substituents is 1. The first-order valence-electron chi connectivity index (χ1n) is 5.43. The van der Waals surface area contributed by atoms with Gasteiger partial charge in [-0.05, 0) is 29.7 Å². The molecule has 1 aromatic rings. The van der Waals surface area contributed by atoms with Crippen molar-refractivity contribution in [2.24, 2.45) is 5.73 Å². The number of hydrogen-bond acceptors (Lipinski definition) is 3. The Labute approximate surface area is 96.3 Å². The number of rotatable bonds is 3. The minimum absolute atomic E-state index is 0.0338. The largest absolute Gasteiger partial charge is 0.507 e. The second kappa shape index (κ2) is 4.66. The van der Waals surface area contributed by atoms with Crippen LogP contribution in [0.25, 0.3) is 0 Å². The fourth-order valence-corrected chi connectivity index (χ4v) is 1.49. The third-order valence-electron chi connectivity index (χ3n) is 2.53. The molecule has 3 heteroatoms. The van der Waals surface area contributed by atoms with Crippen molar-refractivity contribution < 1.29 is 9.90 Å². The summed E-state index contributed by atoms with van der Waals surface area (Å²) in [7, 11) is 0. The van der Waals surface area contributed by atoms with Gasteiger partial charge in [-0.2, -0.15) is 0 Å². The van der Waals surface area contributed by atoms with Crippen molar-refractivity contribution in [1.29, 1.82) is 0 Å². The maximum absolute atomic E-state index is 11.7. The van der Waals surface area contributed by atoms with E-state index in [2.05, 4.69) is 20.8 Å². The SMILES string of the molecule is CC(C)(C)c1ccc(O)c(C(=O)CCN)c1. The zero-order chi connectivity index (χ0) is 12.3. The van der Waals surface area contributed by atoms with Gasteiger partial charge in [-0.25, -0.2) is 0 Å². The van der Waals surface area contributed by atoms with Gasteiger partial charge in [0.1, 0.15) is 5.75 Å². The normalized spacial score (nSPS) is 11.5. The lowest BCUT2D eigenvalue weighted by molar-refractivity contribution is 0.0982. The van der Waals surface area contributed by atoms with Crippen molar-refractivity contribution in [2.45, 2.75) is 32.6 Å². The van der Waals surface area contributed by atoms with Gasteiger partial charge in [0.2, 0.25) is 0 Å². The van der Waals surface area contributed by atoms with Crippen molar-refractivity contribution in [2.75, 3.05) is 6.54 Å². The standard InChI is InChI=1S/C13H19NO2/c1-13(2,3)9-4-5-11(15)10(8-9)12(16)6-7-14/h4-5,8,15H,6-7,14H2,1-3H3. The van der Waals surface area contributed by atoms with Crippen LogP contribution < -0.4 is 5.73 Å². The van der Waals surface area contributed by atoms with Crippen LogP contribution in [0.4, 0.5) is 0 Å². The van der Waals surface area contributed by atoms with Crippen LogP contribution in [0.15, 0.2) is 18.2 Å². The molecule has 0 aliphatic rings. The molecule has 16 heavy (non-hydrogen) atoms. The molecule has 0 amide bonds. The van der Waals surface area contributed by atoms with Crippen LogP contribution in [0.2, 0.25) is 0 Å². The first kappa shape index (κ1) is 12.7. The van der Waals surface area contributed by atoms with Crippen molar-refractivity contribution in [3.63, 3.8) is 0 Å². The van der Waals surface area contributed by atoms with Gasteiger partial charge < -0.3 is 10.8 Å². The third-order valence-corrected chi connectivity index (χ3v) is 2.53. The Kier molecular flexibility index (Phi) is 3.70. The summed E-state index contributed by atoms with van der Waals surface area (Å²) in [6, 6.07) is 5.17. The molecule has 0 aliphatic heterocycles. The number of phenols is 1. The van der Waals surface area contributed by atoms with Crippen molar-refractivity contribution in [1.82, 2.24) is 0 Å². The molecule has 88 valence electrons. The van der Waals surface area contributed by atoms with E-state index in [-0.39, 0.29) is 23.4 Å². The van der Waals surface area contributed by atoms with Crippen LogP contribution in [0.5, 0.6) is 5.75 Å². The highest BCUT2D eigenvalue weighted by Gasteiger charge is 2.18. The van der Waals surface area contributed by atoms with Crippen molar-refractivity contribution in [3.8, 4) is 5.75 Å². The van der Waals surface area contributed by atoms with Gasteiger partial charge in [-0.15, -0.1) is 0 Å². The fraction of sp³-hybridized carbons (Fsp3) is 0.462. The molecule has 0 spiro atoms. The molecular weight excluding hydrogens is 202 g/mol. The Balaban J connectivity index is 3.14. The molecule has 1 rings (SSSR count). The van der Waals surface area contributed by atoms with E-state index in [0.717, 1.165) is 5.56 Å². The molecule has 0 fully saturated rings. The molecule has 0 saturated carbocycles. The molecule has 0 unspecified atom stereocenters. The van der Waals surface area contributed by atoms with Gasteiger partial charge >= 0.3 is 0 Å². The summed E-state index contributed by atoms with van der Waals surface area (Å²) in [5.41, 5.74) is 6.71. The van der Waals surface area contributed by atoms with Crippen LogP contribution in [0, 0.1) is 0 Å². The molecule has 1 aromatic carbocycles. The van der Waals surface area contributed by atoms with E-state index in [9.17, 15) is 9.90 Å². The summed E-state index contributed by atoms with van der Waals surface area (Å²) in [5, 5.41) is 9.64. The maximum Gasteiger partial charge on any atom is 0.167 e. The number of nitrogens with two attached hydrogens (primary N) is 1. The number of hydrogen-bond donors (Lipinski definition) is 2. The number of carbonyl (C=O) groups is 1. The van der Waals surface area contributed by atoms with E-state index in [1.807, 2.05) is 6.07 Å². The molecule has 0 bridgehead atoms.